The van der Waals surface area contributed by atoms with Gasteiger partial charge in [0.25, 0.3) is 0 Å². The molecular weight excluding hydrogens is 166 g/mol. The minimum Gasteiger partial charge on any atom is -0.336 e. The Labute approximate surface area is 80.5 Å². The van der Waals surface area contributed by atoms with E-state index in [-0.39, 0.29) is 12.1 Å². The van der Waals surface area contributed by atoms with Crippen LogP contribution in [0.1, 0.15) is 26.7 Å². The van der Waals surface area contributed by atoms with Gasteiger partial charge in [0.1, 0.15) is 0 Å². The monoisotopic (exact) mass is 187 g/mol. The number of urea groups is 1. The highest BCUT2D eigenvalue weighted by Crippen LogP contribution is 1.95. The highest BCUT2D eigenvalue weighted by atomic mass is 16.2. The Kier molecular flexibility index (Phi) is 6.32. The molecular formula is C9H21N3O. The zero-order valence-corrected chi connectivity index (χ0v) is 8.84. The molecule has 2 amide bonds. The van der Waals surface area contributed by atoms with Crippen molar-refractivity contribution in [1.82, 2.24) is 10.2 Å². The first-order chi connectivity index (χ1) is 6.11. The Morgan fingerprint density at radius 2 is 2.23 bits per heavy atom. The van der Waals surface area contributed by atoms with Gasteiger partial charge in [-0.1, -0.05) is 0 Å². The van der Waals surface area contributed by atoms with Gasteiger partial charge in [-0.25, -0.2) is 4.79 Å². The highest BCUT2D eigenvalue weighted by Gasteiger charge is 2.09. The molecule has 0 fully saturated rings. The van der Waals surface area contributed by atoms with Crippen LogP contribution in [0.2, 0.25) is 0 Å². The van der Waals surface area contributed by atoms with E-state index in [9.17, 15) is 4.79 Å². The lowest BCUT2D eigenvalue weighted by Gasteiger charge is -2.19. The Hall–Kier alpha value is -0.770. The average molecular weight is 187 g/mol. The SMILES string of the molecule is CCN(C)C(=O)NC(C)CCCN. The summed E-state index contributed by atoms with van der Waals surface area (Å²) in [6.07, 6.45) is 1.90. The van der Waals surface area contributed by atoms with Crippen LogP contribution in [0.25, 0.3) is 0 Å². The molecule has 78 valence electrons. The van der Waals surface area contributed by atoms with Crippen molar-refractivity contribution < 1.29 is 4.79 Å². The summed E-state index contributed by atoms with van der Waals surface area (Å²) in [7, 11) is 1.78. The van der Waals surface area contributed by atoms with E-state index in [2.05, 4.69) is 5.32 Å². The molecule has 0 aliphatic heterocycles. The summed E-state index contributed by atoms with van der Waals surface area (Å²) in [6.45, 7) is 5.36. The maximum atomic E-state index is 11.3. The summed E-state index contributed by atoms with van der Waals surface area (Å²) < 4.78 is 0. The molecule has 0 aliphatic carbocycles. The van der Waals surface area contributed by atoms with E-state index in [4.69, 9.17) is 5.73 Å². The van der Waals surface area contributed by atoms with E-state index in [1.54, 1.807) is 11.9 Å². The van der Waals surface area contributed by atoms with Crippen LogP contribution in [-0.4, -0.2) is 37.1 Å². The molecule has 0 saturated carbocycles. The van der Waals surface area contributed by atoms with Gasteiger partial charge in [-0.15, -0.1) is 0 Å². The van der Waals surface area contributed by atoms with E-state index in [0.29, 0.717) is 6.54 Å². The quantitative estimate of drug-likeness (QED) is 0.668. The maximum Gasteiger partial charge on any atom is 0.317 e. The van der Waals surface area contributed by atoms with Crippen molar-refractivity contribution in [3.05, 3.63) is 0 Å². The molecule has 0 aromatic heterocycles. The lowest BCUT2D eigenvalue weighted by molar-refractivity contribution is 0.207. The highest BCUT2D eigenvalue weighted by molar-refractivity contribution is 5.74. The Bertz CT molecular complexity index is 150. The van der Waals surface area contributed by atoms with Crippen LogP contribution in [0, 0.1) is 0 Å². The van der Waals surface area contributed by atoms with E-state index in [1.807, 2.05) is 13.8 Å². The fraction of sp³-hybridized carbons (Fsp3) is 0.889. The second-order valence-corrected chi connectivity index (χ2v) is 3.30. The van der Waals surface area contributed by atoms with Gasteiger partial charge in [-0.05, 0) is 33.2 Å². The lowest BCUT2D eigenvalue weighted by Crippen LogP contribution is -2.41. The van der Waals surface area contributed by atoms with Crippen molar-refractivity contribution in [2.75, 3.05) is 20.1 Å². The summed E-state index contributed by atoms with van der Waals surface area (Å²) >= 11 is 0. The number of nitrogens with two attached hydrogens (primary N) is 1. The standard InChI is InChI=1S/C9H21N3O/c1-4-12(3)9(13)11-8(2)6-5-7-10/h8H,4-7,10H2,1-3H3,(H,11,13). The third kappa shape index (κ3) is 5.47. The number of hydrogen-bond acceptors (Lipinski definition) is 2. The minimum atomic E-state index is -0.00739. The van der Waals surface area contributed by atoms with Crippen LogP contribution in [0.3, 0.4) is 0 Å². The number of carbonyl (C=O) groups excluding carboxylic acids is 1. The Morgan fingerprint density at radius 3 is 2.69 bits per heavy atom. The van der Waals surface area contributed by atoms with Crippen LogP contribution in [0.4, 0.5) is 4.79 Å². The van der Waals surface area contributed by atoms with Crippen molar-refractivity contribution in [3.63, 3.8) is 0 Å². The smallest absolute Gasteiger partial charge is 0.317 e. The van der Waals surface area contributed by atoms with E-state index >= 15 is 0 Å². The molecule has 1 unspecified atom stereocenters. The molecule has 0 radical (unpaired) electrons. The molecule has 4 heteroatoms. The summed E-state index contributed by atoms with van der Waals surface area (Å²) in [5.41, 5.74) is 5.37. The van der Waals surface area contributed by atoms with E-state index in [1.165, 1.54) is 0 Å². The van der Waals surface area contributed by atoms with Gasteiger partial charge in [0.2, 0.25) is 0 Å². The first kappa shape index (κ1) is 12.2. The number of nitrogens with one attached hydrogen (secondary N) is 1. The first-order valence-electron chi connectivity index (χ1n) is 4.83. The second-order valence-electron chi connectivity index (χ2n) is 3.30. The van der Waals surface area contributed by atoms with Gasteiger partial charge in [0.15, 0.2) is 0 Å². The van der Waals surface area contributed by atoms with Gasteiger partial charge in [-0.3, -0.25) is 0 Å². The molecule has 0 aromatic carbocycles. The van der Waals surface area contributed by atoms with Gasteiger partial charge in [0, 0.05) is 19.6 Å². The van der Waals surface area contributed by atoms with Gasteiger partial charge < -0.3 is 16.0 Å². The molecule has 0 rings (SSSR count). The van der Waals surface area contributed by atoms with Crippen molar-refractivity contribution in [2.45, 2.75) is 32.7 Å². The number of rotatable bonds is 5. The average Bonchev–Trinajstić information content (AvgIpc) is 2.13. The second kappa shape index (κ2) is 6.71. The van der Waals surface area contributed by atoms with E-state index < -0.39 is 0 Å². The molecule has 3 N–H and O–H groups in total. The first-order valence-corrected chi connectivity index (χ1v) is 4.83. The van der Waals surface area contributed by atoms with Crippen LogP contribution in [0.5, 0.6) is 0 Å². The molecule has 0 aliphatic rings. The fourth-order valence-electron chi connectivity index (χ4n) is 0.961. The summed E-state index contributed by atoms with van der Waals surface area (Å²) in [4.78, 5) is 13.0. The Morgan fingerprint density at radius 1 is 1.62 bits per heavy atom. The summed E-state index contributed by atoms with van der Waals surface area (Å²) in [6, 6.07) is 0.206. The van der Waals surface area contributed by atoms with Crippen molar-refractivity contribution in [1.29, 1.82) is 0 Å². The molecule has 0 spiro atoms. The number of nitrogens with zero attached hydrogens (tertiary/aromatic N) is 1. The van der Waals surface area contributed by atoms with Crippen molar-refractivity contribution >= 4 is 6.03 Å². The fourth-order valence-corrected chi connectivity index (χ4v) is 0.961. The third-order valence-corrected chi connectivity index (χ3v) is 2.03. The minimum absolute atomic E-state index is 0.00739. The lowest BCUT2D eigenvalue weighted by atomic mass is 10.2. The predicted octanol–water partition coefficient (Wildman–Crippen LogP) is 0.775. The Balaban J connectivity index is 3.64. The molecule has 0 aromatic rings. The molecule has 0 bridgehead atoms. The van der Waals surface area contributed by atoms with Crippen LogP contribution < -0.4 is 11.1 Å². The number of hydrogen-bond donors (Lipinski definition) is 2. The van der Waals surface area contributed by atoms with Gasteiger partial charge in [-0.2, -0.15) is 0 Å². The third-order valence-electron chi connectivity index (χ3n) is 2.03. The maximum absolute atomic E-state index is 11.3. The molecule has 0 saturated heterocycles. The van der Waals surface area contributed by atoms with Crippen LogP contribution >= 0.6 is 0 Å². The molecule has 13 heavy (non-hydrogen) atoms. The van der Waals surface area contributed by atoms with Gasteiger partial charge in [0.05, 0.1) is 0 Å². The van der Waals surface area contributed by atoms with Crippen molar-refractivity contribution in [3.8, 4) is 0 Å². The topological polar surface area (TPSA) is 58.4 Å². The van der Waals surface area contributed by atoms with Crippen LogP contribution in [-0.2, 0) is 0 Å². The summed E-state index contributed by atoms with van der Waals surface area (Å²) in [5, 5.41) is 2.90. The van der Waals surface area contributed by atoms with E-state index in [0.717, 1.165) is 19.4 Å². The van der Waals surface area contributed by atoms with Gasteiger partial charge >= 0.3 is 6.03 Å². The number of amides is 2. The predicted molar refractivity (Wildman–Crippen MR) is 54.6 cm³/mol. The molecule has 4 nitrogen and oxygen atoms in total. The molecule has 0 heterocycles. The normalized spacial score (nSPS) is 12.3. The molecule has 1 atom stereocenters. The zero-order chi connectivity index (χ0) is 10.3. The van der Waals surface area contributed by atoms with Crippen molar-refractivity contribution in [2.24, 2.45) is 5.73 Å². The number of carbonyl (C=O) groups is 1. The summed E-state index contributed by atoms with van der Waals surface area (Å²) in [5.74, 6) is 0. The zero-order valence-electron chi connectivity index (χ0n) is 8.84. The largest absolute Gasteiger partial charge is 0.336 e. The van der Waals surface area contributed by atoms with Crippen LogP contribution in [0.15, 0.2) is 0 Å².